The van der Waals surface area contributed by atoms with Gasteiger partial charge in [0, 0.05) is 0 Å². The van der Waals surface area contributed by atoms with Gasteiger partial charge in [0.15, 0.2) is 6.73 Å². The van der Waals surface area contributed by atoms with Crippen molar-refractivity contribution in [3.8, 4) is 0 Å². The Morgan fingerprint density at radius 1 is 1.20 bits per heavy atom. The second kappa shape index (κ2) is 4.93. The monoisotopic (exact) mass is 240 g/mol. The lowest BCUT2D eigenvalue weighted by molar-refractivity contribution is -0.887. The van der Waals surface area contributed by atoms with Crippen molar-refractivity contribution >= 4 is 7.82 Å². The lowest BCUT2D eigenvalue weighted by Crippen LogP contribution is -2.36. The van der Waals surface area contributed by atoms with Crippen LogP contribution in [-0.4, -0.2) is 43.9 Å². The number of phosphoric acid groups is 1. The molecule has 1 N–H and O–H groups in total. The van der Waals surface area contributed by atoms with Crippen LogP contribution in [0.25, 0.3) is 0 Å². The normalized spacial score (nSPS) is 17.5. The molecule has 0 saturated heterocycles. The van der Waals surface area contributed by atoms with E-state index in [1.807, 2.05) is 41.9 Å². The first-order chi connectivity index (χ1) is 6.41. The summed E-state index contributed by atoms with van der Waals surface area (Å²) in [5.74, 6) is 0. The highest BCUT2D eigenvalue weighted by Crippen LogP contribution is 2.44. The molecule has 0 aliphatic rings. The van der Waals surface area contributed by atoms with Gasteiger partial charge in [0.25, 0.3) is 0 Å². The molecular formula is C9H23NO4P+. The Bertz CT molecular complexity index is 219. The predicted molar refractivity (Wildman–Crippen MR) is 59.2 cm³/mol. The summed E-state index contributed by atoms with van der Waals surface area (Å²) in [5, 5.41) is 0. The number of hydrogen-bond acceptors (Lipinski definition) is 3. The molecule has 0 bridgehead atoms. The van der Waals surface area contributed by atoms with Crippen molar-refractivity contribution in [3.63, 3.8) is 0 Å². The molecule has 0 aromatic rings. The van der Waals surface area contributed by atoms with E-state index in [2.05, 4.69) is 0 Å². The molecule has 1 atom stereocenters. The average molecular weight is 240 g/mol. The van der Waals surface area contributed by atoms with Gasteiger partial charge in [0.05, 0.1) is 27.7 Å². The Morgan fingerprint density at radius 3 is 2.00 bits per heavy atom. The highest BCUT2D eigenvalue weighted by Gasteiger charge is 2.27. The maximum absolute atomic E-state index is 11.4. The Hall–Kier alpha value is 0.0700. The fraction of sp³-hybridized carbons (Fsp3) is 1.00. The minimum absolute atomic E-state index is 0.137. The van der Waals surface area contributed by atoms with E-state index in [-0.39, 0.29) is 18.8 Å². The molecule has 92 valence electrons. The summed E-state index contributed by atoms with van der Waals surface area (Å²) in [6.07, 6.45) is 0. The number of quaternary nitrogens is 1. The maximum atomic E-state index is 11.4. The molecule has 0 aliphatic carbocycles. The van der Waals surface area contributed by atoms with Crippen molar-refractivity contribution in [1.82, 2.24) is 0 Å². The van der Waals surface area contributed by atoms with Crippen LogP contribution in [0.3, 0.4) is 0 Å². The minimum Gasteiger partial charge on any atom is -0.308 e. The van der Waals surface area contributed by atoms with E-state index in [9.17, 15) is 9.46 Å². The van der Waals surface area contributed by atoms with E-state index >= 15 is 0 Å². The first-order valence-corrected chi connectivity index (χ1v) is 6.33. The topological polar surface area (TPSA) is 55.8 Å². The minimum atomic E-state index is -3.90. The molecule has 0 aromatic heterocycles. The second-order valence-electron chi connectivity index (χ2n) is 5.85. The Balaban J connectivity index is 4.04. The molecular weight excluding hydrogens is 217 g/mol. The van der Waals surface area contributed by atoms with E-state index in [0.717, 1.165) is 0 Å². The van der Waals surface area contributed by atoms with Gasteiger partial charge in [-0.15, -0.1) is 0 Å². The Kier molecular flexibility index (Phi) is 4.96. The predicted octanol–water partition coefficient (Wildman–Crippen LogP) is 1.83. The first-order valence-electron chi connectivity index (χ1n) is 4.84. The average Bonchev–Trinajstić information content (AvgIpc) is 1.96. The summed E-state index contributed by atoms with van der Waals surface area (Å²) >= 11 is 0. The molecule has 0 fully saturated rings. The van der Waals surface area contributed by atoms with E-state index in [1.165, 1.54) is 0 Å². The van der Waals surface area contributed by atoms with Crippen molar-refractivity contribution in [3.05, 3.63) is 0 Å². The van der Waals surface area contributed by atoms with Gasteiger partial charge in [-0.3, -0.25) is 4.52 Å². The molecule has 0 saturated carbocycles. The maximum Gasteiger partial charge on any atom is 0.476 e. The van der Waals surface area contributed by atoms with Gasteiger partial charge in [-0.2, -0.15) is 0 Å². The summed E-state index contributed by atoms with van der Waals surface area (Å²) < 4.78 is 21.6. The third-order valence-electron chi connectivity index (χ3n) is 1.27. The number of hydrogen-bond donors (Lipinski definition) is 1. The van der Waals surface area contributed by atoms with Crippen LogP contribution >= 0.6 is 7.82 Å². The summed E-state index contributed by atoms with van der Waals surface area (Å²) in [4.78, 5) is 9.34. The summed E-state index contributed by atoms with van der Waals surface area (Å²) in [6, 6.07) is 0. The third-order valence-corrected chi connectivity index (χ3v) is 2.17. The Morgan fingerprint density at radius 2 is 1.67 bits per heavy atom. The fourth-order valence-corrected chi connectivity index (χ4v) is 1.68. The summed E-state index contributed by atoms with van der Waals surface area (Å²) in [6.45, 7) is 6.10. The highest BCUT2D eigenvalue weighted by molar-refractivity contribution is 7.47. The lowest BCUT2D eigenvalue weighted by Gasteiger charge is -2.25. The molecule has 0 rings (SSSR count). The van der Waals surface area contributed by atoms with Crippen LogP contribution in [0.2, 0.25) is 0 Å². The highest BCUT2D eigenvalue weighted by atomic mass is 31.2. The number of nitrogens with zero attached hydrogens (tertiary/aromatic N) is 1. The molecule has 0 amide bonds. The molecule has 1 unspecified atom stereocenters. The van der Waals surface area contributed by atoms with Crippen molar-refractivity contribution in [2.75, 3.05) is 34.5 Å². The molecule has 0 heterocycles. The smallest absolute Gasteiger partial charge is 0.308 e. The zero-order valence-corrected chi connectivity index (χ0v) is 11.4. The molecule has 0 aliphatic heterocycles. The van der Waals surface area contributed by atoms with Crippen LogP contribution in [0.5, 0.6) is 0 Å². The van der Waals surface area contributed by atoms with Crippen LogP contribution in [0, 0.1) is 5.41 Å². The van der Waals surface area contributed by atoms with Gasteiger partial charge in [-0.1, -0.05) is 20.8 Å². The van der Waals surface area contributed by atoms with Gasteiger partial charge in [0.1, 0.15) is 0 Å². The van der Waals surface area contributed by atoms with E-state index in [1.54, 1.807) is 0 Å². The second-order valence-corrected chi connectivity index (χ2v) is 7.30. The van der Waals surface area contributed by atoms with Crippen molar-refractivity contribution in [2.24, 2.45) is 5.41 Å². The van der Waals surface area contributed by atoms with Gasteiger partial charge < -0.3 is 9.38 Å². The SMILES string of the molecule is CC(C)(C)COP(=O)(O)OC[N+](C)(C)C. The molecule has 6 heteroatoms. The third kappa shape index (κ3) is 10.4. The van der Waals surface area contributed by atoms with Crippen LogP contribution in [0.15, 0.2) is 0 Å². The Labute approximate surface area is 92.2 Å². The van der Waals surface area contributed by atoms with Gasteiger partial charge in [0.2, 0.25) is 0 Å². The fourth-order valence-electron chi connectivity index (χ4n) is 0.559. The zero-order valence-electron chi connectivity index (χ0n) is 10.5. The van der Waals surface area contributed by atoms with Crippen molar-refractivity contribution in [1.29, 1.82) is 0 Å². The van der Waals surface area contributed by atoms with Crippen LogP contribution in [0.1, 0.15) is 20.8 Å². The molecule has 0 aromatic carbocycles. The molecule has 5 nitrogen and oxygen atoms in total. The van der Waals surface area contributed by atoms with E-state index in [0.29, 0.717) is 4.48 Å². The summed E-state index contributed by atoms with van der Waals surface area (Å²) in [7, 11) is 1.69. The molecule has 0 spiro atoms. The zero-order chi connectivity index (χ0) is 12.3. The van der Waals surface area contributed by atoms with Crippen LogP contribution in [-0.2, 0) is 13.6 Å². The van der Waals surface area contributed by atoms with Crippen molar-refractivity contribution in [2.45, 2.75) is 20.8 Å². The first kappa shape index (κ1) is 15.1. The van der Waals surface area contributed by atoms with E-state index < -0.39 is 7.82 Å². The quantitative estimate of drug-likeness (QED) is 0.452. The van der Waals surface area contributed by atoms with Gasteiger partial charge in [-0.05, 0) is 5.41 Å². The van der Waals surface area contributed by atoms with E-state index in [4.69, 9.17) is 9.05 Å². The largest absolute Gasteiger partial charge is 0.476 e. The van der Waals surface area contributed by atoms with Crippen molar-refractivity contribution < 1.29 is 23.0 Å². The summed E-state index contributed by atoms with van der Waals surface area (Å²) in [5.41, 5.74) is -0.154. The van der Waals surface area contributed by atoms with Gasteiger partial charge in [-0.25, -0.2) is 9.09 Å². The number of rotatable bonds is 5. The van der Waals surface area contributed by atoms with Crippen LogP contribution < -0.4 is 0 Å². The molecule has 0 radical (unpaired) electrons. The van der Waals surface area contributed by atoms with Crippen LogP contribution in [0.4, 0.5) is 0 Å². The molecule has 15 heavy (non-hydrogen) atoms. The lowest BCUT2D eigenvalue weighted by atomic mass is 9.99. The standard InChI is InChI=1S/C9H22NO4P/c1-9(2,3)7-13-15(11,12)14-8-10(4,5)6/h7-8H2,1-6H3/p+1. The number of phosphoric ester groups is 1. The van der Waals surface area contributed by atoms with Gasteiger partial charge >= 0.3 is 7.82 Å².